The van der Waals surface area contributed by atoms with E-state index in [4.69, 9.17) is 9.47 Å². The highest BCUT2D eigenvalue weighted by Gasteiger charge is 2.17. The number of hydrogen-bond acceptors (Lipinski definition) is 6. The molecule has 120 valence electrons. The van der Waals surface area contributed by atoms with Gasteiger partial charge >= 0.3 is 12.1 Å². The first kappa shape index (κ1) is 16.7. The number of amides is 1. The van der Waals surface area contributed by atoms with Gasteiger partial charge in [-0.3, -0.25) is 0 Å². The highest BCUT2D eigenvalue weighted by atomic mass is 32.1. The lowest BCUT2D eigenvalue weighted by atomic mass is 10.2. The Labute approximate surface area is 137 Å². The van der Waals surface area contributed by atoms with Crippen LogP contribution in [0.15, 0.2) is 52.9 Å². The minimum atomic E-state index is -0.743. The maximum atomic E-state index is 11.9. The van der Waals surface area contributed by atoms with Gasteiger partial charge in [-0.15, -0.1) is 11.3 Å². The number of thiophene rings is 1. The highest BCUT2D eigenvalue weighted by Crippen LogP contribution is 2.11. The normalized spacial score (nSPS) is 10.9. The van der Waals surface area contributed by atoms with Crippen molar-refractivity contribution in [2.24, 2.45) is 5.10 Å². The van der Waals surface area contributed by atoms with Crippen LogP contribution < -0.4 is 5.43 Å². The van der Waals surface area contributed by atoms with Crippen molar-refractivity contribution in [1.29, 1.82) is 0 Å². The van der Waals surface area contributed by atoms with Crippen LogP contribution in [0.4, 0.5) is 4.79 Å². The molecule has 0 radical (unpaired) electrons. The van der Waals surface area contributed by atoms with Crippen LogP contribution in [0.2, 0.25) is 0 Å². The molecule has 23 heavy (non-hydrogen) atoms. The molecule has 0 saturated heterocycles. The second kappa shape index (κ2) is 8.70. The van der Waals surface area contributed by atoms with E-state index in [2.05, 4.69) is 10.5 Å². The molecule has 2 aromatic rings. The van der Waals surface area contributed by atoms with E-state index in [0.29, 0.717) is 4.88 Å². The van der Waals surface area contributed by atoms with Gasteiger partial charge in [-0.2, -0.15) is 5.10 Å². The Kier molecular flexibility index (Phi) is 6.31. The van der Waals surface area contributed by atoms with Crippen LogP contribution in [0.5, 0.6) is 0 Å². The Morgan fingerprint density at radius 1 is 1.13 bits per heavy atom. The second-order valence-corrected chi connectivity index (χ2v) is 5.28. The molecule has 1 heterocycles. The fourth-order valence-electron chi connectivity index (χ4n) is 1.67. The van der Waals surface area contributed by atoms with Crippen LogP contribution in [-0.4, -0.2) is 24.4 Å². The van der Waals surface area contributed by atoms with Crippen molar-refractivity contribution in [3.8, 4) is 0 Å². The number of carbonyl (C=O) groups excluding carboxylic acids is 2. The molecule has 0 spiro atoms. The minimum Gasteiger partial charge on any atom is -0.461 e. The van der Waals surface area contributed by atoms with E-state index in [9.17, 15) is 9.59 Å². The molecule has 7 heteroatoms. The highest BCUT2D eigenvalue weighted by molar-refractivity contribution is 7.13. The lowest BCUT2D eigenvalue weighted by molar-refractivity contribution is -0.134. The van der Waals surface area contributed by atoms with Crippen molar-refractivity contribution in [2.45, 2.75) is 13.5 Å². The fourth-order valence-corrected chi connectivity index (χ4v) is 2.37. The topological polar surface area (TPSA) is 77.0 Å². The van der Waals surface area contributed by atoms with E-state index in [1.165, 1.54) is 11.3 Å². The van der Waals surface area contributed by atoms with Crippen molar-refractivity contribution in [1.82, 2.24) is 5.43 Å². The summed E-state index contributed by atoms with van der Waals surface area (Å²) >= 11 is 1.32. The van der Waals surface area contributed by atoms with E-state index >= 15 is 0 Å². The van der Waals surface area contributed by atoms with Gasteiger partial charge in [0.2, 0.25) is 0 Å². The molecule has 0 unspecified atom stereocenters. The Morgan fingerprint density at radius 2 is 1.91 bits per heavy atom. The van der Waals surface area contributed by atoms with Crippen LogP contribution in [0.3, 0.4) is 0 Å². The van der Waals surface area contributed by atoms with Gasteiger partial charge in [0.15, 0.2) is 5.71 Å². The fraction of sp³-hybridized carbons (Fsp3) is 0.188. The Balaban J connectivity index is 1.96. The van der Waals surface area contributed by atoms with Gasteiger partial charge in [-0.25, -0.2) is 15.0 Å². The quantitative estimate of drug-likeness (QED) is 0.501. The largest absolute Gasteiger partial charge is 0.461 e. The average Bonchev–Trinajstić information content (AvgIpc) is 3.08. The lowest BCUT2D eigenvalue weighted by Crippen LogP contribution is -2.25. The Morgan fingerprint density at radius 3 is 2.57 bits per heavy atom. The van der Waals surface area contributed by atoms with Gasteiger partial charge in [0.1, 0.15) is 6.61 Å². The summed E-state index contributed by atoms with van der Waals surface area (Å²) in [4.78, 5) is 24.2. The summed E-state index contributed by atoms with van der Waals surface area (Å²) in [6, 6.07) is 12.8. The van der Waals surface area contributed by atoms with E-state index in [1.54, 1.807) is 24.4 Å². The van der Waals surface area contributed by atoms with Crippen molar-refractivity contribution >= 4 is 29.1 Å². The lowest BCUT2D eigenvalue weighted by Gasteiger charge is -2.06. The number of nitrogens with one attached hydrogen (secondary N) is 1. The third kappa shape index (κ3) is 5.23. The third-order valence-corrected chi connectivity index (χ3v) is 3.57. The summed E-state index contributed by atoms with van der Waals surface area (Å²) in [7, 11) is 0. The number of benzene rings is 1. The van der Waals surface area contributed by atoms with Gasteiger partial charge in [0.05, 0.1) is 11.5 Å². The number of hydrazone groups is 1. The smallest absolute Gasteiger partial charge is 0.428 e. The number of esters is 1. The van der Waals surface area contributed by atoms with Gasteiger partial charge in [0, 0.05) is 0 Å². The molecular formula is C16H16N2O4S. The van der Waals surface area contributed by atoms with Crippen LogP contribution >= 0.6 is 11.3 Å². The summed E-state index contributed by atoms with van der Waals surface area (Å²) in [5.41, 5.74) is 3.11. The minimum absolute atomic E-state index is 0.0403. The Hall–Kier alpha value is -2.67. The molecule has 2 rings (SSSR count). The SMILES string of the molecule is CCOC(=O)C(=NNC(=O)OCc1ccccc1)c1cccs1. The van der Waals surface area contributed by atoms with Crippen LogP contribution in [-0.2, 0) is 20.9 Å². The average molecular weight is 332 g/mol. The maximum absolute atomic E-state index is 11.9. The predicted octanol–water partition coefficient (Wildman–Crippen LogP) is 2.94. The van der Waals surface area contributed by atoms with Crippen molar-refractivity contribution < 1.29 is 19.1 Å². The molecule has 0 bridgehead atoms. The van der Waals surface area contributed by atoms with Crippen molar-refractivity contribution in [3.63, 3.8) is 0 Å². The molecule has 0 aliphatic carbocycles. The summed E-state index contributed by atoms with van der Waals surface area (Å²) in [5.74, 6) is -0.599. The zero-order valence-corrected chi connectivity index (χ0v) is 13.3. The summed E-state index contributed by atoms with van der Waals surface area (Å²) < 4.78 is 9.96. The van der Waals surface area contributed by atoms with Crippen LogP contribution in [0, 0.1) is 0 Å². The number of nitrogens with zero attached hydrogens (tertiary/aromatic N) is 1. The molecule has 0 atom stereocenters. The molecule has 1 aromatic carbocycles. The summed E-state index contributed by atoms with van der Waals surface area (Å²) in [5, 5.41) is 5.63. The maximum Gasteiger partial charge on any atom is 0.428 e. The summed E-state index contributed by atoms with van der Waals surface area (Å²) in [6.07, 6.45) is -0.743. The molecule has 0 fully saturated rings. The standard InChI is InChI=1S/C16H16N2O4S/c1-2-21-15(19)14(13-9-6-10-23-13)17-18-16(20)22-11-12-7-4-3-5-8-12/h3-10H,2,11H2,1H3,(H,18,20). The molecular weight excluding hydrogens is 316 g/mol. The molecule has 1 N–H and O–H groups in total. The first-order valence-electron chi connectivity index (χ1n) is 6.96. The van der Waals surface area contributed by atoms with Crippen molar-refractivity contribution in [2.75, 3.05) is 6.61 Å². The van der Waals surface area contributed by atoms with Gasteiger partial charge < -0.3 is 9.47 Å². The third-order valence-electron chi connectivity index (χ3n) is 2.70. The van der Waals surface area contributed by atoms with E-state index in [1.807, 2.05) is 30.3 Å². The van der Waals surface area contributed by atoms with Gasteiger partial charge in [-0.05, 0) is 23.9 Å². The van der Waals surface area contributed by atoms with E-state index in [0.717, 1.165) is 5.56 Å². The Bertz CT molecular complexity index is 669. The van der Waals surface area contributed by atoms with E-state index < -0.39 is 12.1 Å². The van der Waals surface area contributed by atoms with Crippen LogP contribution in [0.25, 0.3) is 0 Å². The number of hydrogen-bond donors (Lipinski definition) is 1. The number of rotatable bonds is 6. The van der Waals surface area contributed by atoms with Crippen molar-refractivity contribution in [3.05, 3.63) is 58.3 Å². The summed E-state index contributed by atoms with van der Waals surface area (Å²) in [6.45, 7) is 2.04. The molecule has 6 nitrogen and oxygen atoms in total. The second-order valence-electron chi connectivity index (χ2n) is 4.33. The predicted molar refractivity (Wildman–Crippen MR) is 87.3 cm³/mol. The number of carbonyl (C=O) groups is 2. The first-order valence-corrected chi connectivity index (χ1v) is 7.84. The first-order chi connectivity index (χ1) is 11.2. The molecule has 1 amide bonds. The number of ether oxygens (including phenoxy) is 2. The molecule has 0 saturated carbocycles. The molecule has 0 aliphatic heterocycles. The molecule has 1 aromatic heterocycles. The van der Waals surface area contributed by atoms with E-state index in [-0.39, 0.29) is 18.9 Å². The van der Waals surface area contributed by atoms with Gasteiger partial charge in [0.25, 0.3) is 0 Å². The van der Waals surface area contributed by atoms with Crippen LogP contribution in [0.1, 0.15) is 17.4 Å². The molecule has 0 aliphatic rings. The zero-order chi connectivity index (χ0) is 16.5. The van der Waals surface area contributed by atoms with Gasteiger partial charge in [-0.1, -0.05) is 36.4 Å². The monoisotopic (exact) mass is 332 g/mol. The zero-order valence-electron chi connectivity index (χ0n) is 12.5.